The molecule has 0 saturated carbocycles. The molecule has 0 unspecified atom stereocenters. The van der Waals surface area contributed by atoms with Gasteiger partial charge in [-0.15, -0.1) is 0 Å². The number of allylic oxidation sites excluding steroid dienone is 2. The third kappa shape index (κ3) is 2.06. The van der Waals surface area contributed by atoms with Crippen LogP contribution in [-0.2, 0) is 0 Å². The van der Waals surface area contributed by atoms with Gasteiger partial charge in [0.1, 0.15) is 0 Å². The summed E-state index contributed by atoms with van der Waals surface area (Å²) in [7, 11) is 1.81. The van der Waals surface area contributed by atoms with Gasteiger partial charge in [-0.25, -0.2) is 0 Å². The molecule has 0 heterocycles. The van der Waals surface area contributed by atoms with E-state index in [1.807, 2.05) is 44.3 Å². The van der Waals surface area contributed by atoms with E-state index in [1.165, 1.54) is 0 Å². The predicted molar refractivity (Wildman–Crippen MR) is 53.7 cm³/mol. The van der Waals surface area contributed by atoms with Gasteiger partial charge in [-0.1, -0.05) is 36.4 Å². The lowest BCUT2D eigenvalue weighted by Crippen LogP contribution is -1.94. The lowest BCUT2D eigenvalue weighted by molar-refractivity contribution is 1.43. The maximum Gasteiger partial charge on any atom is 0.0639 e. The van der Waals surface area contributed by atoms with Crippen LogP contribution >= 0.6 is 0 Å². The summed E-state index contributed by atoms with van der Waals surface area (Å²) in [6.07, 6.45) is 4.00. The predicted octanol–water partition coefficient (Wildman–Crippen LogP) is 2.68. The molecule has 0 amide bonds. The molecule has 12 heavy (non-hydrogen) atoms. The number of aliphatic imine (C=N–C) groups is 1. The fourth-order valence-electron chi connectivity index (χ4n) is 1.07. The normalized spacial score (nSPS) is 12.3. The van der Waals surface area contributed by atoms with E-state index in [9.17, 15) is 0 Å². The van der Waals surface area contributed by atoms with Crippen molar-refractivity contribution < 1.29 is 0 Å². The molecule has 1 heteroatoms. The maximum absolute atomic E-state index is 4.18. The molecule has 0 radical (unpaired) electrons. The summed E-state index contributed by atoms with van der Waals surface area (Å²) in [5.74, 6) is 0. The second-order valence-electron chi connectivity index (χ2n) is 2.47. The van der Waals surface area contributed by atoms with Gasteiger partial charge in [-0.05, 0) is 18.6 Å². The number of rotatable bonds is 2. The molecular formula is C11H13N. The highest BCUT2D eigenvalue weighted by Crippen LogP contribution is 2.01. The zero-order chi connectivity index (χ0) is 8.81. The van der Waals surface area contributed by atoms with Crippen molar-refractivity contribution in [3.8, 4) is 0 Å². The third-order valence-electron chi connectivity index (χ3n) is 1.63. The monoisotopic (exact) mass is 159 g/mol. The SMILES string of the molecule is CC=CC(=NC)c1ccccc1. The summed E-state index contributed by atoms with van der Waals surface area (Å²) in [5.41, 5.74) is 2.19. The molecule has 1 rings (SSSR count). The van der Waals surface area contributed by atoms with Crippen LogP contribution in [0.2, 0.25) is 0 Å². The average molecular weight is 159 g/mol. The molecule has 0 atom stereocenters. The highest BCUT2D eigenvalue weighted by atomic mass is 14.7. The van der Waals surface area contributed by atoms with E-state index in [0.29, 0.717) is 0 Å². The van der Waals surface area contributed by atoms with E-state index < -0.39 is 0 Å². The van der Waals surface area contributed by atoms with Gasteiger partial charge in [-0.3, -0.25) is 4.99 Å². The number of nitrogens with zero attached hydrogens (tertiary/aromatic N) is 1. The van der Waals surface area contributed by atoms with Crippen molar-refractivity contribution in [1.29, 1.82) is 0 Å². The standard InChI is InChI=1S/C11H13N/c1-3-7-11(12-2)10-8-5-4-6-9-10/h3-9H,1-2H3. The molecule has 62 valence electrons. The minimum atomic E-state index is 1.03. The van der Waals surface area contributed by atoms with Crippen LogP contribution in [0.5, 0.6) is 0 Å². The molecule has 0 fully saturated rings. The van der Waals surface area contributed by atoms with Crippen molar-refractivity contribution in [3.05, 3.63) is 48.0 Å². The first-order chi connectivity index (χ1) is 5.88. The fraction of sp³-hybridized carbons (Fsp3) is 0.182. The van der Waals surface area contributed by atoms with Crippen molar-refractivity contribution in [2.24, 2.45) is 4.99 Å². The minimum absolute atomic E-state index is 1.03. The van der Waals surface area contributed by atoms with Gasteiger partial charge in [0.05, 0.1) is 5.71 Å². The van der Waals surface area contributed by atoms with Crippen LogP contribution in [0.4, 0.5) is 0 Å². The van der Waals surface area contributed by atoms with Crippen LogP contribution < -0.4 is 0 Å². The van der Waals surface area contributed by atoms with E-state index in [1.54, 1.807) is 0 Å². The van der Waals surface area contributed by atoms with E-state index in [-0.39, 0.29) is 0 Å². The van der Waals surface area contributed by atoms with Crippen LogP contribution in [0.1, 0.15) is 12.5 Å². The second-order valence-corrected chi connectivity index (χ2v) is 2.47. The summed E-state index contributed by atoms with van der Waals surface area (Å²) < 4.78 is 0. The van der Waals surface area contributed by atoms with E-state index in [2.05, 4.69) is 17.1 Å². The van der Waals surface area contributed by atoms with Gasteiger partial charge in [0.2, 0.25) is 0 Å². The van der Waals surface area contributed by atoms with Gasteiger partial charge in [0.25, 0.3) is 0 Å². The van der Waals surface area contributed by atoms with Crippen LogP contribution in [0, 0.1) is 0 Å². The van der Waals surface area contributed by atoms with E-state index >= 15 is 0 Å². The molecule has 1 aromatic rings. The summed E-state index contributed by atoms with van der Waals surface area (Å²) in [6, 6.07) is 10.2. The Morgan fingerprint density at radius 1 is 1.25 bits per heavy atom. The highest BCUT2D eigenvalue weighted by Gasteiger charge is 1.94. The minimum Gasteiger partial charge on any atom is -0.288 e. The van der Waals surface area contributed by atoms with Gasteiger partial charge >= 0.3 is 0 Å². The van der Waals surface area contributed by atoms with Crippen molar-refractivity contribution in [2.45, 2.75) is 6.92 Å². The van der Waals surface area contributed by atoms with Crippen molar-refractivity contribution in [3.63, 3.8) is 0 Å². The van der Waals surface area contributed by atoms with Crippen molar-refractivity contribution in [1.82, 2.24) is 0 Å². The van der Waals surface area contributed by atoms with Crippen LogP contribution in [0.3, 0.4) is 0 Å². The first kappa shape index (κ1) is 8.72. The van der Waals surface area contributed by atoms with E-state index in [4.69, 9.17) is 0 Å². The molecule has 0 N–H and O–H groups in total. The molecule has 0 aliphatic rings. The highest BCUT2D eigenvalue weighted by molar-refractivity contribution is 6.08. The Bertz CT molecular complexity index is 283. The Kier molecular flexibility index (Phi) is 3.27. The molecule has 0 saturated heterocycles. The quantitative estimate of drug-likeness (QED) is 0.588. The molecule has 0 spiro atoms. The molecule has 0 aliphatic carbocycles. The molecule has 1 aromatic carbocycles. The van der Waals surface area contributed by atoms with Crippen LogP contribution in [-0.4, -0.2) is 12.8 Å². The first-order valence-corrected chi connectivity index (χ1v) is 4.03. The molecular weight excluding hydrogens is 146 g/mol. The Morgan fingerprint density at radius 3 is 2.42 bits per heavy atom. The Balaban J connectivity index is 2.97. The van der Waals surface area contributed by atoms with Gasteiger partial charge < -0.3 is 0 Å². The fourth-order valence-corrected chi connectivity index (χ4v) is 1.07. The van der Waals surface area contributed by atoms with Crippen LogP contribution in [0.25, 0.3) is 0 Å². The Hall–Kier alpha value is -1.37. The maximum atomic E-state index is 4.18. The molecule has 0 bridgehead atoms. The average Bonchev–Trinajstić information content (AvgIpc) is 2.15. The summed E-state index contributed by atoms with van der Waals surface area (Å²) in [4.78, 5) is 4.18. The van der Waals surface area contributed by atoms with Gasteiger partial charge in [0.15, 0.2) is 0 Å². The van der Waals surface area contributed by atoms with Gasteiger partial charge in [-0.2, -0.15) is 0 Å². The molecule has 0 aromatic heterocycles. The zero-order valence-corrected chi connectivity index (χ0v) is 7.49. The third-order valence-corrected chi connectivity index (χ3v) is 1.63. The van der Waals surface area contributed by atoms with Crippen LogP contribution in [0.15, 0.2) is 47.5 Å². The molecule has 1 nitrogen and oxygen atoms in total. The smallest absolute Gasteiger partial charge is 0.0639 e. The summed E-state index contributed by atoms with van der Waals surface area (Å²) in [6.45, 7) is 1.99. The zero-order valence-electron chi connectivity index (χ0n) is 7.49. The lowest BCUT2D eigenvalue weighted by atomic mass is 10.1. The number of hydrogen-bond acceptors (Lipinski definition) is 1. The second kappa shape index (κ2) is 4.50. The first-order valence-electron chi connectivity index (χ1n) is 4.03. The number of benzene rings is 1. The Morgan fingerprint density at radius 2 is 1.92 bits per heavy atom. The van der Waals surface area contributed by atoms with E-state index in [0.717, 1.165) is 11.3 Å². The lowest BCUT2D eigenvalue weighted by Gasteiger charge is -1.98. The molecule has 0 aliphatic heterocycles. The topological polar surface area (TPSA) is 12.4 Å². The summed E-state index contributed by atoms with van der Waals surface area (Å²) in [5, 5.41) is 0. The van der Waals surface area contributed by atoms with Crippen molar-refractivity contribution in [2.75, 3.05) is 7.05 Å². The van der Waals surface area contributed by atoms with Gasteiger partial charge in [0, 0.05) is 7.05 Å². The largest absolute Gasteiger partial charge is 0.288 e. The summed E-state index contributed by atoms with van der Waals surface area (Å²) >= 11 is 0. The van der Waals surface area contributed by atoms with Crippen molar-refractivity contribution >= 4 is 5.71 Å². The Labute approximate surface area is 73.5 Å². The number of hydrogen-bond donors (Lipinski definition) is 0.